The minimum Gasteiger partial charge on any atom is -0.403 e. The van der Waals surface area contributed by atoms with Gasteiger partial charge >= 0.3 is 6.36 Å². The number of thiazole rings is 1. The number of aryl methyl sites for hydroxylation is 1. The second-order valence-corrected chi connectivity index (χ2v) is 10.6. The van der Waals surface area contributed by atoms with Crippen LogP contribution in [0.15, 0.2) is 48.9 Å². The number of benzene rings is 2. The van der Waals surface area contributed by atoms with E-state index in [1.807, 2.05) is 25.1 Å². The van der Waals surface area contributed by atoms with E-state index in [0.29, 0.717) is 5.82 Å². The van der Waals surface area contributed by atoms with E-state index in [-0.39, 0.29) is 17.7 Å². The SMILES string of the molecule is Cc1nc2ccc(-n3ncnc3C3CC(n4cc(-c5ccc(OC(F)(F)F)c(F)c5)nn4)C(O)C(CO)O3)cc2s1. The van der Waals surface area contributed by atoms with Crippen molar-refractivity contribution < 1.29 is 37.2 Å². The van der Waals surface area contributed by atoms with Gasteiger partial charge in [0.2, 0.25) is 0 Å². The lowest BCUT2D eigenvalue weighted by atomic mass is 9.95. The van der Waals surface area contributed by atoms with Crippen LogP contribution in [0.4, 0.5) is 17.6 Å². The molecule has 0 saturated carbocycles. The normalized spacial score (nSPS) is 21.4. The molecule has 0 radical (unpaired) electrons. The highest BCUT2D eigenvalue weighted by Gasteiger charge is 2.41. The van der Waals surface area contributed by atoms with Crippen molar-refractivity contribution in [3.05, 3.63) is 65.6 Å². The van der Waals surface area contributed by atoms with Crippen molar-refractivity contribution in [1.82, 2.24) is 34.7 Å². The number of hydrogen-bond donors (Lipinski definition) is 2. The van der Waals surface area contributed by atoms with Crippen LogP contribution in [0.1, 0.15) is 29.4 Å². The van der Waals surface area contributed by atoms with Crippen LogP contribution in [0.25, 0.3) is 27.2 Å². The molecule has 0 aliphatic carbocycles. The summed E-state index contributed by atoms with van der Waals surface area (Å²) in [6, 6.07) is 7.82. The molecule has 1 aliphatic rings. The smallest absolute Gasteiger partial charge is 0.403 e. The van der Waals surface area contributed by atoms with E-state index in [2.05, 4.69) is 30.1 Å². The summed E-state index contributed by atoms with van der Waals surface area (Å²) in [7, 11) is 0. The van der Waals surface area contributed by atoms with Gasteiger partial charge in [-0.3, -0.25) is 0 Å². The van der Waals surface area contributed by atoms with E-state index in [0.717, 1.165) is 33.0 Å². The Balaban J connectivity index is 1.28. The largest absolute Gasteiger partial charge is 0.573 e. The summed E-state index contributed by atoms with van der Waals surface area (Å²) in [6.07, 6.45) is -4.99. The van der Waals surface area contributed by atoms with E-state index in [1.165, 1.54) is 23.3 Å². The van der Waals surface area contributed by atoms with Gasteiger partial charge in [0.05, 0.1) is 39.8 Å². The third kappa shape index (κ3) is 5.38. The van der Waals surface area contributed by atoms with Gasteiger partial charge in [-0.05, 0) is 43.3 Å². The van der Waals surface area contributed by atoms with E-state index in [1.54, 1.807) is 16.0 Å². The first-order chi connectivity index (χ1) is 19.6. The van der Waals surface area contributed by atoms with E-state index < -0.39 is 48.9 Å². The molecular formula is C25H21F4N7O4S. The second kappa shape index (κ2) is 10.4. The molecule has 4 atom stereocenters. The van der Waals surface area contributed by atoms with Crippen molar-refractivity contribution in [1.29, 1.82) is 0 Å². The predicted molar refractivity (Wildman–Crippen MR) is 136 cm³/mol. The van der Waals surface area contributed by atoms with Gasteiger partial charge in [-0.15, -0.1) is 29.6 Å². The van der Waals surface area contributed by atoms with Gasteiger partial charge < -0.3 is 19.7 Å². The Morgan fingerprint density at radius 2 is 2.02 bits per heavy atom. The zero-order chi connectivity index (χ0) is 28.9. The molecule has 0 amide bonds. The van der Waals surface area contributed by atoms with Gasteiger partial charge in [0, 0.05) is 12.0 Å². The van der Waals surface area contributed by atoms with Gasteiger partial charge in [0.15, 0.2) is 17.4 Å². The van der Waals surface area contributed by atoms with Crippen LogP contribution < -0.4 is 4.74 Å². The molecule has 11 nitrogen and oxygen atoms in total. The fraction of sp³-hybridized carbons (Fsp3) is 0.320. The molecule has 1 fully saturated rings. The third-order valence-electron chi connectivity index (χ3n) is 6.64. The fourth-order valence-electron chi connectivity index (χ4n) is 4.80. The molecule has 1 aliphatic heterocycles. The Morgan fingerprint density at radius 3 is 2.78 bits per heavy atom. The summed E-state index contributed by atoms with van der Waals surface area (Å²) >= 11 is 1.54. The molecular weight excluding hydrogens is 570 g/mol. The average Bonchev–Trinajstić information content (AvgIpc) is 3.68. The van der Waals surface area contributed by atoms with Gasteiger partial charge in [-0.2, -0.15) is 5.10 Å². The van der Waals surface area contributed by atoms with Gasteiger partial charge in [0.25, 0.3) is 0 Å². The molecule has 0 bridgehead atoms. The number of aliphatic hydroxyl groups is 2. The number of hydrogen-bond acceptors (Lipinski definition) is 10. The van der Waals surface area contributed by atoms with Crippen LogP contribution in [0.3, 0.4) is 0 Å². The topological polar surface area (TPSA) is 133 Å². The first-order valence-electron chi connectivity index (χ1n) is 12.3. The Labute approximate surface area is 232 Å². The van der Waals surface area contributed by atoms with E-state index >= 15 is 0 Å². The summed E-state index contributed by atoms with van der Waals surface area (Å²) < 4.78 is 65.4. The summed E-state index contributed by atoms with van der Waals surface area (Å²) in [5.41, 5.74) is 1.88. The van der Waals surface area contributed by atoms with Crippen LogP contribution in [0.2, 0.25) is 0 Å². The summed E-state index contributed by atoms with van der Waals surface area (Å²) in [5.74, 6) is -1.77. The number of nitrogens with zero attached hydrogens (tertiary/aromatic N) is 7. The number of alkyl halides is 3. The zero-order valence-electron chi connectivity index (χ0n) is 21.1. The van der Waals surface area contributed by atoms with Crippen LogP contribution >= 0.6 is 11.3 Å². The third-order valence-corrected chi connectivity index (χ3v) is 7.57. The maximum atomic E-state index is 14.3. The van der Waals surface area contributed by atoms with Crippen molar-refractivity contribution in [3.8, 4) is 22.7 Å². The van der Waals surface area contributed by atoms with Crippen molar-refractivity contribution >= 4 is 21.6 Å². The highest BCUT2D eigenvalue weighted by molar-refractivity contribution is 7.18. The van der Waals surface area contributed by atoms with Gasteiger partial charge in [0.1, 0.15) is 30.3 Å². The number of aliphatic hydroxyl groups excluding tert-OH is 2. The maximum absolute atomic E-state index is 14.3. The van der Waals surface area contributed by atoms with Crippen LogP contribution in [0.5, 0.6) is 5.75 Å². The molecule has 2 N–H and O–H groups in total. The fourth-order valence-corrected chi connectivity index (χ4v) is 5.66. The highest BCUT2D eigenvalue weighted by atomic mass is 32.1. The number of halogens is 4. The van der Waals surface area contributed by atoms with E-state index in [4.69, 9.17) is 4.74 Å². The Hall–Kier alpha value is -3.99. The lowest BCUT2D eigenvalue weighted by molar-refractivity contribution is -0.275. The van der Waals surface area contributed by atoms with Gasteiger partial charge in [-0.25, -0.2) is 23.7 Å². The monoisotopic (exact) mass is 591 g/mol. The molecule has 16 heteroatoms. The lowest BCUT2D eigenvalue weighted by Crippen LogP contribution is -2.45. The van der Waals surface area contributed by atoms with Gasteiger partial charge in [-0.1, -0.05) is 5.21 Å². The Morgan fingerprint density at radius 1 is 1.20 bits per heavy atom. The average molecular weight is 592 g/mol. The second-order valence-electron chi connectivity index (χ2n) is 9.33. The molecule has 6 rings (SSSR count). The summed E-state index contributed by atoms with van der Waals surface area (Å²) in [6.45, 7) is 1.42. The minimum absolute atomic E-state index is 0.147. The summed E-state index contributed by atoms with van der Waals surface area (Å²) in [4.78, 5) is 8.86. The van der Waals surface area contributed by atoms with Crippen molar-refractivity contribution in [2.45, 2.75) is 44.1 Å². The summed E-state index contributed by atoms with van der Waals surface area (Å²) in [5, 5.41) is 34.3. The van der Waals surface area contributed by atoms with Crippen molar-refractivity contribution in [3.63, 3.8) is 0 Å². The molecule has 4 heterocycles. The molecule has 41 heavy (non-hydrogen) atoms. The zero-order valence-corrected chi connectivity index (χ0v) is 21.9. The number of fused-ring (bicyclic) bond motifs is 1. The van der Waals surface area contributed by atoms with Crippen LogP contribution in [-0.4, -0.2) is 70.1 Å². The molecule has 0 spiro atoms. The first-order valence-corrected chi connectivity index (χ1v) is 13.1. The minimum atomic E-state index is -5.04. The number of ether oxygens (including phenoxy) is 2. The van der Waals surface area contributed by atoms with E-state index in [9.17, 15) is 27.8 Å². The van der Waals surface area contributed by atoms with Crippen molar-refractivity contribution in [2.24, 2.45) is 0 Å². The van der Waals surface area contributed by atoms with Crippen LogP contribution in [0, 0.1) is 12.7 Å². The van der Waals surface area contributed by atoms with Crippen molar-refractivity contribution in [2.75, 3.05) is 6.61 Å². The number of aromatic nitrogens is 7. The molecule has 214 valence electrons. The molecule has 3 aromatic heterocycles. The lowest BCUT2D eigenvalue weighted by Gasteiger charge is -2.38. The predicted octanol–water partition coefficient (Wildman–Crippen LogP) is 3.91. The Kier molecular flexibility index (Phi) is 6.93. The molecule has 1 saturated heterocycles. The highest BCUT2D eigenvalue weighted by Crippen LogP contribution is 2.38. The first kappa shape index (κ1) is 27.2. The molecule has 4 unspecified atom stereocenters. The Bertz CT molecular complexity index is 1700. The maximum Gasteiger partial charge on any atom is 0.573 e. The standard InChI is InChI=1S/C25H21F4N7O4S/c1-12-32-16-4-3-14(7-22(16)41-12)36-24(30-11-31-36)20-8-18(23(38)21(10-37)39-20)35-9-17(33-34-35)13-2-5-19(15(26)6-13)40-25(27,28)29/h2-7,9,11,18,20-21,23,37-38H,8,10H2,1H3. The van der Waals surface area contributed by atoms with Crippen LogP contribution in [-0.2, 0) is 4.74 Å². The quantitative estimate of drug-likeness (QED) is 0.282. The molecule has 2 aromatic carbocycles. The molecule has 5 aromatic rings. The number of rotatable bonds is 6.